The lowest BCUT2D eigenvalue weighted by Gasteiger charge is -2.26. The molecule has 1 saturated heterocycles. The topological polar surface area (TPSA) is 85.3 Å². The van der Waals surface area contributed by atoms with Crippen LogP contribution in [0.2, 0.25) is 5.02 Å². The van der Waals surface area contributed by atoms with Crippen molar-refractivity contribution in [3.63, 3.8) is 0 Å². The van der Waals surface area contributed by atoms with E-state index in [1.54, 1.807) is 31.2 Å². The molecule has 0 aliphatic carbocycles. The fourth-order valence-electron chi connectivity index (χ4n) is 4.18. The van der Waals surface area contributed by atoms with Crippen molar-refractivity contribution in [3.05, 3.63) is 88.0 Å². The van der Waals surface area contributed by atoms with Crippen molar-refractivity contribution < 1.29 is 37.7 Å². The highest BCUT2D eigenvalue weighted by Crippen LogP contribution is 2.45. The first-order chi connectivity index (χ1) is 17.7. The summed E-state index contributed by atoms with van der Waals surface area (Å²) < 4.78 is 44.0. The number of benzene rings is 3. The van der Waals surface area contributed by atoms with E-state index in [4.69, 9.17) is 25.8 Å². The van der Waals surface area contributed by atoms with Crippen molar-refractivity contribution in [2.75, 3.05) is 25.7 Å². The van der Waals surface area contributed by atoms with Crippen LogP contribution in [0.15, 0.2) is 60.2 Å². The second-order valence-corrected chi connectivity index (χ2v) is 8.37. The van der Waals surface area contributed by atoms with Crippen molar-refractivity contribution in [1.82, 2.24) is 0 Å². The molecule has 3 aromatic carbocycles. The quantitative estimate of drug-likeness (QED) is 0.241. The van der Waals surface area contributed by atoms with Gasteiger partial charge >= 0.3 is 0 Å². The zero-order valence-electron chi connectivity index (χ0n) is 20.1. The number of hydrogen-bond donors (Lipinski definition) is 1. The van der Waals surface area contributed by atoms with Crippen molar-refractivity contribution in [2.24, 2.45) is 0 Å². The molecular formula is C27H22ClF2NO6. The van der Waals surface area contributed by atoms with E-state index >= 15 is 0 Å². The van der Waals surface area contributed by atoms with E-state index in [1.807, 2.05) is 0 Å². The Hall–Kier alpha value is -4.11. The number of hydrogen-bond acceptors (Lipinski definition) is 6. The molecule has 0 spiro atoms. The second-order valence-electron chi connectivity index (χ2n) is 7.96. The molecule has 1 fully saturated rings. The van der Waals surface area contributed by atoms with E-state index in [0.717, 1.165) is 17.0 Å². The minimum absolute atomic E-state index is 0.0301. The van der Waals surface area contributed by atoms with Gasteiger partial charge in [-0.15, -0.1) is 0 Å². The number of carbonyl (C=O) groups is 2. The van der Waals surface area contributed by atoms with Crippen molar-refractivity contribution in [1.29, 1.82) is 0 Å². The van der Waals surface area contributed by atoms with Gasteiger partial charge in [-0.05, 0) is 42.8 Å². The van der Waals surface area contributed by atoms with Crippen molar-refractivity contribution in [3.8, 4) is 17.2 Å². The highest BCUT2D eigenvalue weighted by Gasteiger charge is 2.47. The third-order valence-electron chi connectivity index (χ3n) is 5.84. The molecule has 37 heavy (non-hydrogen) atoms. The highest BCUT2D eigenvalue weighted by molar-refractivity contribution is 6.51. The monoisotopic (exact) mass is 529 g/mol. The molecule has 0 saturated carbocycles. The number of ether oxygens (including phenoxy) is 3. The van der Waals surface area contributed by atoms with Gasteiger partial charge in [0.2, 0.25) is 0 Å². The normalized spacial score (nSPS) is 16.7. The van der Waals surface area contributed by atoms with Gasteiger partial charge in [0.25, 0.3) is 11.7 Å². The van der Waals surface area contributed by atoms with Gasteiger partial charge in [0.05, 0.1) is 43.0 Å². The first-order valence-electron chi connectivity index (χ1n) is 11.1. The van der Waals surface area contributed by atoms with Gasteiger partial charge in [0.15, 0.2) is 11.6 Å². The fourth-order valence-corrected chi connectivity index (χ4v) is 4.42. The Bertz CT molecular complexity index is 1420. The number of amides is 1. The lowest BCUT2D eigenvalue weighted by Crippen LogP contribution is -2.29. The van der Waals surface area contributed by atoms with Crippen LogP contribution in [0.5, 0.6) is 17.2 Å². The summed E-state index contributed by atoms with van der Waals surface area (Å²) in [6, 6.07) is 10.9. The van der Waals surface area contributed by atoms with Gasteiger partial charge in [-0.2, -0.15) is 0 Å². The number of aliphatic hydroxyl groups is 1. The summed E-state index contributed by atoms with van der Waals surface area (Å²) in [6.07, 6.45) is 0. The molecular weight excluding hydrogens is 508 g/mol. The van der Waals surface area contributed by atoms with Gasteiger partial charge < -0.3 is 19.3 Å². The largest absolute Gasteiger partial charge is 0.507 e. The van der Waals surface area contributed by atoms with Crippen LogP contribution in [0.4, 0.5) is 14.5 Å². The minimum Gasteiger partial charge on any atom is -0.507 e. The first-order valence-corrected chi connectivity index (χ1v) is 11.5. The number of carbonyl (C=O) groups excluding carboxylic acids is 2. The van der Waals surface area contributed by atoms with E-state index in [0.29, 0.717) is 17.9 Å². The summed E-state index contributed by atoms with van der Waals surface area (Å²) in [6.45, 7) is 2.15. The third-order valence-corrected chi connectivity index (χ3v) is 6.14. The lowest BCUT2D eigenvalue weighted by molar-refractivity contribution is -0.132. The number of ketones is 1. The van der Waals surface area contributed by atoms with Crippen molar-refractivity contribution >= 4 is 34.7 Å². The van der Waals surface area contributed by atoms with Crippen LogP contribution >= 0.6 is 11.6 Å². The van der Waals surface area contributed by atoms with Crippen LogP contribution in [0.25, 0.3) is 5.76 Å². The fraction of sp³-hybridized carbons (Fsp3) is 0.185. The molecule has 0 bridgehead atoms. The number of halogens is 3. The second kappa shape index (κ2) is 10.5. The Morgan fingerprint density at radius 2 is 1.73 bits per heavy atom. The SMILES string of the molecule is CCOc1cccc(C2/C(=C(\O)c3cc(Cl)c(OC)cc3OC)C(=O)C(=O)N2c2ccc(F)c(F)c2)c1. The Labute approximate surface area is 216 Å². The lowest BCUT2D eigenvalue weighted by atomic mass is 9.94. The van der Waals surface area contributed by atoms with Gasteiger partial charge in [0, 0.05) is 17.8 Å². The Morgan fingerprint density at radius 1 is 1.00 bits per heavy atom. The minimum atomic E-state index is -1.21. The van der Waals surface area contributed by atoms with Gasteiger partial charge in [-0.1, -0.05) is 23.7 Å². The number of methoxy groups -OCH3 is 2. The Morgan fingerprint density at radius 3 is 2.38 bits per heavy atom. The zero-order chi connectivity index (χ0) is 26.9. The van der Waals surface area contributed by atoms with E-state index in [1.165, 1.54) is 32.4 Å². The van der Waals surface area contributed by atoms with Crippen LogP contribution in [0.1, 0.15) is 24.1 Å². The van der Waals surface area contributed by atoms with E-state index in [9.17, 15) is 23.5 Å². The van der Waals surface area contributed by atoms with Crippen LogP contribution < -0.4 is 19.1 Å². The summed E-state index contributed by atoms with van der Waals surface area (Å²) in [5.74, 6) is -4.14. The van der Waals surface area contributed by atoms with Crippen LogP contribution in [-0.2, 0) is 9.59 Å². The van der Waals surface area contributed by atoms with Crippen LogP contribution in [0, 0.1) is 11.6 Å². The number of anilines is 1. The van der Waals surface area contributed by atoms with Crippen molar-refractivity contribution in [2.45, 2.75) is 13.0 Å². The molecule has 7 nitrogen and oxygen atoms in total. The van der Waals surface area contributed by atoms with E-state index in [2.05, 4.69) is 0 Å². The molecule has 0 radical (unpaired) electrons. The molecule has 1 unspecified atom stereocenters. The predicted octanol–water partition coefficient (Wildman–Crippen LogP) is 5.66. The predicted molar refractivity (Wildman–Crippen MR) is 133 cm³/mol. The molecule has 3 aromatic rings. The smallest absolute Gasteiger partial charge is 0.300 e. The Kier molecular flexibility index (Phi) is 7.35. The molecule has 4 rings (SSSR count). The molecule has 1 amide bonds. The Balaban J connectivity index is 2.00. The molecule has 1 N–H and O–H groups in total. The summed E-state index contributed by atoms with van der Waals surface area (Å²) in [4.78, 5) is 27.6. The summed E-state index contributed by atoms with van der Waals surface area (Å²) in [5.41, 5.74) is 0.0343. The van der Waals surface area contributed by atoms with Gasteiger partial charge in [-0.25, -0.2) is 8.78 Å². The summed E-state index contributed by atoms with van der Waals surface area (Å²) in [5, 5.41) is 11.5. The van der Waals surface area contributed by atoms with Crippen LogP contribution in [-0.4, -0.2) is 37.6 Å². The van der Waals surface area contributed by atoms with Gasteiger partial charge in [0.1, 0.15) is 23.0 Å². The maximum absolute atomic E-state index is 14.2. The first kappa shape index (κ1) is 26.0. The third kappa shape index (κ3) is 4.70. The van der Waals surface area contributed by atoms with Crippen LogP contribution in [0.3, 0.4) is 0 Å². The zero-order valence-corrected chi connectivity index (χ0v) is 20.8. The molecule has 0 aromatic heterocycles. The summed E-state index contributed by atoms with van der Waals surface area (Å²) >= 11 is 6.27. The molecule has 10 heteroatoms. The maximum atomic E-state index is 14.2. The average Bonchev–Trinajstić information content (AvgIpc) is 3.15. The number of aliphatic hydroxyl groups excluding tert-OH is 1. The maximum Gasteiger partial charge on any atom is 0.300 e. The van der Waals surface area contributed by atoms with E-state index in [-0.39, 0.29) is 33.3 Å². The molecule has 1 atom stereocenters. The number of nitrogens with zero attached hydrogens (tertiary/aromatic N) is 1. The molecule has 192 valence electrons. The standard InChI is InChI=1S/C27H22ClF2NO6/c1-4-37-16-7-5-6-14(10-16)24-23(25(32)17-12-18(28)22(36-3)13-21(17)35-2)26(33)27(34)31(24)15-8-9-19(29)20(30)11-15/h5-13,24,32H,4H2,1-3H3/b25-23+. The molecule has 1 aliphatic rings. The number of Topliss-reactive ketones (excluding diaryl/α,β-unsaturated/α-hetero) is 1. The van der Waals surface area contributed by atoms with Gasteiger partial charge in [-0.3, -0.25) is 14.5 Å². The summed E-state index contributed by atoms with van der Waals surface area (Å²) in [7, 11) is 2.75. The number of rotatable bonds is 7. The molecule has 1 heterocycles. The highest BCUT2D eigenvalue weighted by atomic mass is 35.5. The van der Waals surface area contributed by atoms with E-state index < -0.39 is 35.1 Å². The molecule has 1 aliphatic heterocycles. The average molecular weight is 530 g/mol.